The number of hydrogen-bond donors (Lipinski definition) is 0. The van der Waals surface area contributed by atoms with Crippen molar-refractivity contribution in [3.8, 4) is 5.75 Å². The van der Waals surface area contributed by atoms with E-state index in [0.717, 1.165) is 43.6 Å². The van der Waals surface area contributed by atoms with Crippen molar-refractivity contribution in [3.63, 3.8) is 0 Å². The summed E-state index contributed by atoms with van der Waals surface area (Å²) >= 11 is 0. The van der Waals surface area contributed by atoms with Crippen LogP contribution in [0.2, 0.25) is 0 Å². The van der Waals surface area contributed by atoms with Crippen LogP contribution in [0.4, 0.5) is 0 Å². The predicted molar refractivity (Wildman–Crippen MR) is 142 cm³/mol. The molecule has 3 aromatic carbocycles. The highest BCUT2D eigenvalue weighted by Crippen LogP contribution is 2.20. The van der Waals surface area contributed by atoms with Crippen molar-refractivity contribution in [2.75, 3.05) is 13.2 Å². The van der Waals surface area contributed by atoms with E-state index in [-0.39, 0.29) is 12.0 Å². The SMILES string of the molecule is CCCCOC(=O)[C@H](Cc1ccc(OCCCC)cc1)N(Cc1ccccc1)Cc1ccccc1. The summed E-state index contributed by atoms with van der Waals surface area (Å²) in [6.45, 7) is 6.78. The Morgan fingerprint density at radius 1 is 0.714 bits per heavy atom. The molecule has 0 aliphatic carbocycles. The molecule has 0 aromatic heterocycles. The molecule has 0 unspecified atom stereocenters. The number of nitrogens with zero attached hydrogens (tertiary/aromatic N) is 1. The van der Waals surface area contributed by atoms with Crippen LogP contribution < -0.4 is 4.74 Å². The van der Waals surface area contributed by atoms with Gasteiger partial charge in [0, 0.05) is 13.1 Å². The fraction of sp³-hybridized carbons (Fsp3) is 0.387. The normalized spacial score (nSPS) is 11.9. The highest BCUT2D eigenvalue weighted by Gasteiger charge is 2.28. The Hall–Kier alpha value is -3.11. The lowest BCUT2D eigenvalue weighted by Crippen LogP contribution is -2.43. The number of carbonyl (C=O) groups excluding carboxylic acids is 1. The number of carbonyl (C=O) groups is 1. The molecule has 0 N–H and O–H groups in total. The second kappa shape index (κ2) is 15.0. The number of hydrogen-bond acceptors (Lipinski definition) is 4. The minimum absolute atomic E-state index is 0.159. The highest BCUT2D eigenvalue weighted by atomic mass is 16.5. The van der Waals surface area contributed by atoms with E-state index in [2.05, 4.69) is 55.1 Å². The first-order valence-electron chi connectivity index (χ1n) is 12.9. The van der Waals surface area contributed by atoms with Gasteiger partial charge in [-0.3, -0.25) is 9.69 Å². The number of ether oxygens (including phenoxy) is 2. The van der Waals surface area contributed by atoms with Crippen LogP contribution in [0, 0.1) is 0 Å². The Morgan fingerprint density at radius 2 is 1.26 bits per heavy atom. The lowest BCUT2D eigenvalue weighted by atomic mass is 10.0. The third-order valence-electron chi connectivity index (χ3n) is 6.03. The predicted octanol–water partition coefficient (Wildman–Crippen LogP) is 6.82. The Morgan fingerprint density at radius 3 is 1.80 bits per heavy atom. The molecule has 35 heavy (non-hydrogen) atoms. The molecule has 4 heteroatoms. The van der Waals surface area contributed by atoms with Gasteiger partial charge < -0.3 is 9.47 Å². The number of rotatable bonds is 15. The molecule has 0 radical (unpaired) electrons. The zero-order chi connectivity index (χ0) is 24.7. The number of unbranched alkanes of at least 4 members (excludes halogenated alkanes) is 2. The molecular weight excluding hydrogens is 434 g/mol. The molecule has 0 aliphatic heterocycles. The van der Waals surface area contributed by atoms with Crippen LogP contribution in [0.1, 0.15) is 56.2 Å². The van der Waals surface area contributed by atoms with E-state index in [4.69, 9.17) is 9.47 Å². The summed E-state index contributed by atoms with van der Waals surface area (Å²) in [6.07, 6.45) is 4.61. The van der Waals surface area contributed by atoms with Crippen molar-refractivity contribution in [1.82, 2.24) is 4.90 Å². The largest absolute Gasteiger partial charge is 0.494 e. The molecular formula is C31H39NO3. The molecule has 0 fully saturated rings. The average Bonchev–Trinajstić information content (AvgIpc) is 2.89. The van der Waals surface area contributed by atoms with Gasteiger partial charge in [0.2, 0.25) is 0 Å². The van der Waals surface area contributed by atoms with Crippen molar-refractivity contribution in [2.45, 2.75) is 65.1 Å². The van der Waals surface area contributed by atoms with Gasteiger partial charge in [-0.1, -0.05) is 99.5 Å². The molecule has 3 aromatic rings. The zero-order valence-electron chi connectivity index (χ0n) is 21.2. The van der Waals surface area contributed by atoms with Crippen LogP contribution in [0.15, 0.2) is 84.9 Å². The van der Waals surface area contributed by atoms with E-state index in [9.17, 15) is 4.79 Å². The quantitative estimate of drug-likeness (QED) is 0.179. The van der Waals surface area contributed by atoms with Crippen molar-refractivity contribution in [1.29, 1.82) is 0 Å². The minimum Gasteiger partial charge on any atom is -0.494 e. The van der Waals surface area contributed by atoms with E-state index < -0.39 is 0 Å². The fourth-order valence-corrected chi connectivity index (χ4v) is 3.97. The van der Waals surface area contributed by atoms with Crippen LogP contribution in [-0.2, 0) is 29.0 Å². The van der Waals surface area contributed by atoms with E-state index in [1.54, 1.807) is 0 Å². The lowest BCUT2D eigenvalue weighted by Gasteiger charge is -2.31. The van der Waals surface area contributed by atoms with E-state index in [1.165, 1.54) is 11.1 Å². The Bertz CT molecular complexity index is 932. The Balaban J connectivity index is 1.83. The standard InChI is InChI=1S/C31H39NO3/c1-3-5-21-34-29-19-17-26(18-20-29)23-30(31(33)35-22-6-4-2)32(24-27-13-9-7-10-14-27)25-28-15-11-8-12-16-28/h7-20,30H,3-6,21-25H2,1-2H3/t30-/m0/s1. The van der Waals surface area contributed by atoms with Gasteiger partial charge in [-0.05, 0) is 48.1 Å². The molecule has 4 nitrogen and oxygen atoms in total. The van der Waals surface area contributed by atoms with Gasteiger partial charge in [0.15, 0.2) is 0 Å². The monoisotopic (exact) mass is 473 g/mol. The van der Waals surface area contributed by atoms with Gasteiger partial charge in [-0.25, -0.2) is 0 Å². The van der Waals surface area contributed by atoms with Crippen molar-refractivity contribution < 1.29 is 14.3 Å². The van der Waals surface area contributed by atoms with Gasteiger partial charge in [0.25, 0.3) is 0 Å². The topological polar surface area (TPSA) is 38.8 Å². The van der Waals surface area contributed by atoms with Crippen molar-refractivity contribution in [2.24, 2.45) is 0 Å². The second-order valence-electron chi connectivity index (χ2n) is 8.96. The third-order valence-corrected chi connectivity index (χ3v) is 6.03. The first-order chi connectivity index (χ1) is 17.2. The van der Waals surface area contributed by atoms with Crippen LogP contribution in [0.3, 0.4) is 0 Å². The zero-order valence-corrected chi connectivity index (χ0v) is 21.2. The Kier molecular flexibility index (Phi) is 11.4. The molecule has 0 saturated carbocycles. The van der Waals surface area contributed by atoms with Gasteiger partial charge in [-0.2, -0.15) is 0 Å². The van der Waals surface area contributed by atoms with Gasteiger partial charge in [0.1, 0.15) is 11.8 Å². The summed E-state index contributed by atoms with van der Waals surface area (Å²) in [4.78, 5) is 15.6. The molecule has 3 rings (SSSR count). The molecule has 186 valence electrons. The molecule has 0 amide bonds. The molecule has 0 bridgehead atoms. The van der Waals surface area contributed by atoms with E-state index in [1.807, 2.05) is 48.5 Å². The van der Waals surface area contributed by atoms with E-state index >= 15 is 0 Å². The molecule has 1 atom stereocenters. The summed E-state index contributed by atoms with van der Waals surface area (Å²) in [6, 6.07) is 28.4. The second-order valence-corrected chi connectivity index (χ2v) is 8.96. The summed E-state index contributed by atoms with van der Waals surface area (Å²) < 4.78 is 11.6. The molecule has 0 spiro atoms. The summed E-state index contributed by atoms with van der Waals surface area (Å²) in [5.41, 5.74) is 3.44. The van der Waals surface area contributed by atoms with Crippen LogP contribution in [-0.4, -0.2) is 30.1 Å². The summed E-state index contributed by atoms with van der Waals surface area (Å²) in [5, 5.41) is 0. The maximum Gasteiger partial charge on any atom is 0.323 e. The average molecular weight is 474 g/mol. The number of esters is 1. The summed E-state index contributed by atoms with van der Waals surface area (Å²) in [7, 11) is 0. The maximum absolute atomic E-state index is 13.4. The lowest BCUT2D eigenvalue weighted by molar-refractivity contribution is -0.150. The third kappa shape index (κ3) is 9.22. The first kappa shape index (κ1) is 26.5. The molecule has 0 heterocycles. The van der Waals surface area contributed by atoms with Gasteiger partial charge >= 0.3 is 5.97 Å². The molecule has 0 aliphatic rings. The first-order valence-corrected chi connectivity index (χ1v) is 12.9. The van der Waals surface area contributed by atoms with Crippen LogP contribution >= 0.6 is 0 Å². The minimum atomic E-state index is -0.390. The Labute approximate surface area is 210 Å². The highest BCUT2D eigenvalue weighted by molar-refractivity contribution is 5.76. The van der Waals surface area contributed by atoms with Crippen molar-refractivity contribution in [3.05, 3.63) is 102 Å². The van der Waals surface area contributed by atoms with E-state index in [0.29, 0.717) is 26.1 Å². The van der Waals surface area contributed by atoms with Gasteiger partial charge in [-0.15, -0.1) is 0 Å². The van der Waals surface area contributed by atoms with Crippen LogP contribution in [0.25, 0.3) is 0 Å². The van der Waals surface area contributed by atoms with Gasteiger partial charge in [0.05, 0.1) is 13.2 Å². The summed E-state index contributed by atoms with van der Waals surface area (Å²) in [5.74, 6) is 0.711. The van der Waals surface area contributed by atoms with Crippen LogP contribution in [0.5, 0.6) is 5.75 Å². The maximum atomic E-state index is 13.4. The fourth-order valence-electron chi connectivity index (χ4n) is 3.97. The number of benzene rings is 3. The molecule has 0 saturated heterocycles. The van der Waals surface area contributed by atoms with Crippen molar-refractivity contribution >= 4 is 5.97 Å². The smallest absolute Gasteiger partial charge is 0.323 e.